The minimum Gasteiger partial charge on any atom is -0.396 e. The van der Waals surface area contributed by atoms with Gasteiger partial charge in [0.15, 0.2) is 0 Å². The molecule has 1 heterocycles. The van der Waals surface area contributed by atoms with Crippen LogP contribution >= 0.6 is 0 Å². The van der Waals surface area contributed by atoms with Crippen molar-refractivity contribution in [2.45, 2.75) is 45.6 Å². The lowest BCUT2D eigenvalue weighted by atomic mass is 9.89. The summed E-state index contributed by atoms with van der Waals surface area (Å²) in [4.78, 5) is 13.6. The van der Waals surface area contributed by atoms with Gasteiger partial charge in [0.2, 0.25) is 5.91 Å². The highest BCUT2D eigenvalue weighted by molar-refractivity contribution is 5.76. The molecule has 1 amide bonds. The van der Waals surface area contributed by atoms with Crippen molar-refractivity contribution >= 4 is 5.91 Å². The first-order chi connectivity index (χ1) is 7.56. The molecule has 4 heteroatoms. The molecular weight excluding hydrogens is 204 g/mol. The van der Waals surface area contributed by atoms with Gasteiger partial charge in [0.05, 0.1) is 6.61 Å². The molecule has 0 unspecified atom stereocenters. The summed E-state index contributed by atoms with van der Waals surface area (Å²) in [5, 5.41) is 11.6. The molecule has 1 aliphatic rings. The molecule has 96 valence electrons. The van der Waals surface area contributed by atoms with E-state index in [-0.39, 0.29) is 24.5 Å². The third kappa shape index (κ3) is 5.47. The van der Waals surface area contributed by atoms with Crippen LogP contribution in [0.4, 0.5) is 0 Å². The number of piperidine rings is 1. The van der Waals surface area contributed by atoms with E-state index in [9.17, 15) is 4.79 Å². The number of likely N-dealkylation sites (tertiary alicyclic amines) is 1. The fraction of sp³-hybridized carbons (Fsp3) is 0.917. The van der Waals surface area contributed by atoms with E-state index in [2.05, 4.69) is 24.2 Å². The van der Waals surface area contributed by atoms with Crippen molar-refractivity contribution < 1.29 is 9.90 Å². The Labute approximate surface area is 99.0 Å². The van der Waals surface area contributed by atoms with E-state index in [0.29, 0.717) is 0 Å². The molecule has 1 saturated heterocycles. The first-order valence-electron chi connectivity index (χ1n) is 6.16. The monoisotopic (exact) mass is 230 g/mol. The number of nitrogens with zero attached hydrogens (tertiary/aromatic N) is 1. The van der Waals surface area contributed by atoms with Gasteiger partial charge in [-0.15, -0.1) is 0 Å². The SMILES string of the molecule is CC.CN1CCC(C)(NC(=O)CCO)CC1. The molecule has 0 radical (unpaired) electrons. The molecule has 2 N–H and O–H groups in total. The number of hydrogen-bond donors (Lipinski definition) is 2. The van der Waals surface area contributed by atoms with E-state index >= 15 is 0 Å². The van der Waals surface area contributed by atoms with Crippen molar-refractivity contribution in [3.63, 3.8) is 0 Å². The van der Waals surface area contributed by atoms with Gasteiger partial charge in [0, 0.05) is 25.0 Å². The molecule has 0 aromatic carbocycles. The highest BCUT2D eigenvalue weighted by atomic mass is 16.3. The van der Waals surface area contributed by atoms with Crippen molar-refractivity contribution in [3.05, 3.63) is 0 Å². The van der Waals surface area contributed by atoms with Crippen molar-refractivity contribution in [1.29, 1.82) is 0 Å². The van der Waals surface area contributed by atoms with Gasteiger partial charge >= 0.3 is 0 Å². The van der Waals surface area contributed by atoms with Crippen LogP contribution < -0.4 is 5.32 Å². The Kier molecular flexibility index (Phi) is 7.34. The minimum absolute atomic E-state index is 0.0421. The predicted molar refractivity (Wildman–Crippen MR) is 66.3 cm³/mol. The van der Waals surface area contributed by atoms with Crippen LogP contribution in [-0.4, -0.2) is 48.2 Å². The topological polar surface area (TPSA) is 52.6 Å². The number of nitrogens with one attached hydrogen (secondary N) is 1. The normalized spacial score (nSPS) is 19.6. The standard InChI is InChI=1S/C10H20N2O2.C2H6/c1-10(11-9(14)3-8-13)4-6-12(2)7-5-10;1-2/h13H,3-8H2,1-2H3,(H,11,14);1-2H3. The predicted octanol–water partition coefficient (Wildman–Crippen LogP) is 0.995. The Hall–Kier alpha value is -0.610. The number of carbonyl (C=O) groups excluding carboxylic acids is 1. The summed E-state index contributed by atoms with van der Waals surface area (Å²) in [7, 11) is 2.09. The molecule has 1 fully saturated rings. The summed E-state index contributed by atoms with van der Waals surface area (Å²) in [6, 6.07) is 0. The van der Waals surface area contributed by atoms with Gasteiger partial charge in [-0.1, -0.05) is 13.8 Å². The van der Waals surface area contributed by atoms with Gasteiger partial charge in [-0.05, 0) is 26.8 Å². The maximum atomic E-state index is 11.3. The first-order valence-corrected chi connectivity index (χ1v) is 6.16. The largest absolute Gasteiger partial charge is 0.396 e. The van der Waals surface area contributed by atoms with Crippen molar-refractivity contribution in [1.82, 2.24) is 10.2 Å². The number of rotatable bonds is 3. The third-order valence-electron chi connectivity index (χ3n) is 2.87. The second-order valence-electron chi connectivity index (χ2n) is 4.39. The molecule has 4 nitrogen and oxygen atoms in total. The van der Waals surface area contributed by atoms with Crippen LogP contribution in [-0.2, 0) is 4.79 Å². The Morgan fingerprint density at radius 3 is 2.31 bits per heavy atom. The summed E-state index contributed by atoms with van der Waals surface area (Å²) in [6.07, 6.45) is 2.19. The van der Waals surface area contributed by atoms with Gasteiger partial charge < -0.3 is 15.3 Å². The van der Waals surface area contributed by atoms with E-state index in [1.165, 1.54) is 0 Å². The molecular formula is C12H26N2O2. The highest BCUT2D eigenvalue weighted by Gasteiger charge is 2.29. The van der Waals surface area contributed by atoms with Gasteiger partial charge in [-0.3, -0.25) is 4.79 Å². The zero-order chi connectivity index (χ0) is 12.6. The highest BCUT2D eigenvalue weighted by Crippen LogP contribution is 2.20. The number of amides is 1. The molecule has 1 rings (SSSR count). The van der Waals surface area contributed by atoms with Crippen LogP contribution in [0.1, 0.15) is 40.0 Å². The summed E-state index contributed by atoms with van der Waals surface area (Å²) >= 11 is 0. The van der Waals surface area contributed by atoms with E-state index in [4.69, 9.17) is 5.11 Å². The lowest BCUT2D eigenvalue weighted by Crippen LogP contribution is -2.52. The second kappa shape index (κ2) is 7.63. The van der Waals surface area contributed by atoms with Crippen LogP contribution in [0.15, 0.2) is 0 Å². The van der Waals surface area contributed by atoms with Crippen molar-refractivity contribution in [3.8, 4) is 0 Å². The molecule has 0 atom stereocenters. The molecule has 0 saturated carbocycles. The fourth-order valence-corrected chi connectivity index (χ4v) is 1.74. The lowest BCUT2D eigenvalue weighted by molar-refractivity contribution is -0.124. The second-order valence-corrected chi connectivity index (χ2v) is 4.39. The molecule has 1 aliphatic heterocycles. The minimum atomic E-state index is -0.0707. The first kappa shape index (κ1) is 15.4. The van der Waals surface area contributed by atoms with Crippen LogP contribution in [0.3, 0.4) is 0 Å². The fourth-order valence-electron chi connectivity index (χ4n) is 1.74. The molecule has 0 aromatic rings. The van der Waals surface area contributed by atoms with E-state index < -0.39 is 0 Å². The Morgan fingerprint density at radius 1 is 1.38 bits per heavy atom. The van der Waals surface area contributed by atoms with Gasteiger partial charge in [-0.2, -0.15) is 0 Å². The number of carbonyl (C=O) groups is 1. The van der Waals surface area contributed by atoms with E-state index in [0.717, 1.165) is 25.9 Å². The van der Waals surface area contributed by atoms with Gasteiger partial charge in [0.25, 0.3) is 0 Å². The van der Waals surface area contributed by atoms with Crippen LogP contribution in [0.5, 0.6) is 0 Å². The third-order valence-corrected chi connectivity index (χ3v) is 2.87. The molecule has 0 bridgehead atoms. The number of aliphatic hydroxyl groups is 1. The van der Waals surface area contributed by atoms with Crippen LogP contribution in [0.2, 0.25) is 0 Å². The average Bonchev–Trinajstić information content (AvgIpc) is 2.26. The van der Waals surface area contributed by atoms with Crippen molar-refractivity contribution in [2.75, 3.05) is 26.7 Å². The van der Waals surface area contributed by atoms with E-state index in [1.54, 1.807) is 0 Å². The zero-order valence-electron chi connectivity index (χ0n) is 11.0. The maximum Gasteiger partial charge on any atom is 0.222 e. The molecule has 0 spiro atoms. The zero-order valence-corrected chi connectivity index (χ0v) is 11.0. The quantitative estimate of drug-likeness (QED) is 0.760. The van der Waals surface area contributed by atoms with Gasteiger partial charge in [0.1, 0.15) is 0 Å². The molecule has 0 aliphatic carbocycles. The number of aliphatic hydroxyl groups excluding tert-OH is 1. The Bertz CT molecular complexity index is 199. The Balaban J connectivity index is 0.00000106. The van der Waals surface area contributed by atoms with Gasteiger partial charge in [-0.25, -0.2) is 0 Å². The average molecular weight is 230 g/mol. The molecule has 0 aromatic heterocycles. The Morgan fingerprint density at radius 2 is 1.88 bits per heavy atom. The van der Waals surface area contributed by atoms with Crippen LogP contribution in [0.25, 0.3) is 0 Å². The van der Waals surface area contributed by atoms with Crippen LogP contribution in [0, 0.1) is 0 Å². The number of hydrogen-bond acceptors (Lipinski definition) is 3. The maximum absolute atomic E-state index is 11.3. The summed E-state index contributed by atoms with van der Waals surface area (Å²) in [5.74, 6) is -0.0421. The summed E-state index contributed by atoms with van der Waals surface area (Å²) in [6.45, 7) is 8.06. The van der Waals surface area contributed by atoms with E-state index in [1.807, 2.05) is 13.8 Å². The summed E-state index contributed by atoms with van der Waals surface area (Å²) < 4.78 is 0. The molecule has 16 heavy (non-hydrogen) atoms. The smallest absolute Gasteiger partial charge is 0.222 e. The lowest BCUT2D eigenvalue weighted by Gasteiger charge is -2.38. The summed E-state index contributed by atoms with van der Waals surface area (Å²) in [5.41, 5.74) is -0.0707. The van der Waals surface area contributed by atoms with Crippen molar-refractivity contribution in [2.24, 2.45) is 0 Å².